The predicted octanol–water partition coefficient (Wildman–Crippen LogP) is 3.41. The summed E-state index contributed by atoms with van der Waals surface area (Å²) in [6, 6.07) is 9.15. The van der Waals surface area contributed by atoms with Crippen molar-refractivity contribution in [2.45, 2.75) is 20.8 Å². The van der Waals surface area contributed by atoms with Crippen LogP contribution in [0.25, 0.3) is 0 Å². The molecule has 0 radical (unpaired) electrons. The van der Waals surface area contributed by atoms with Crippen LogP contribution in [0.4, 0.5) is 22.1 Å². The monoisotopic (exact) mass is 286 g/mol. The molecule has 21 heavy (non-hydrogen) atoms. The van der Waals surface area contributed by atoms with Gasteiger partial charge in [-0.25, -0.2) is 14.8 Å². The van der Waals surface area contributed by atoms with Gasteiger partial charge in [0.1, 0.15) is 0 Å². The zero-order chi connectivity index (χ0) is 15.2. The van der Waals surface area contributed by atoms with Crippen LogP contribution in [0.15, 0.2) is 30.3 Å². The first-order valence-electron chi connectivity index (χ1n) is 6.70. The number of carbonyl (C=O) groups is 1. The van der Waals surface area contributed by atoms with Gasteiger partial charge in [0.05, 0.1) is 6.61 Å². The molecule has 0 aliphatic rings. The number of ether oxygens (including phenoxy) is 1. The smallest absolute Gasteiger partial charge is 0.411 e. The van der Waals surface area contributed by atoms with Crippen molar-refractivity contribution in [3.8, 4) is 0 Å². The summed E-state index contributed by atoms with van der Waals surface area (Å²) in [5.74, 6) is 0.554. The van der Waals surface area contributed by atoms with Crippen molar-refractivity contribution < 1.29 is 9.53 Å². The second-order valence-electron chi connectivity index (χ2n) is 4.52. The first kappa shape index (κ1) is 14.8. The van der Waals surface area contributed by atoms with E-state index in [2.05, 4.69) is 20.6 Å². The Labute approximate surface area is 123 Å². The molecule has 2 N–H and O–H groups in total. The molecule has 6 nitrogen and oxygen atoms in total. The summed E-state index contributed by atoms with van der Waals surface area (Å²) >= 11 is 0. The van der Waals surface area contributed by atoms with Gasteiger partial charge in [0, 0.05) is 22.8 Å². The molecule has 0 bridgehead atoms. The van der Waals surface area contributed by atoms with Crippen molar-refractivity contribution in [1.29, 1.82) is 0 Å². The Hall–Kier alpha value is -2.63. The zero-order valence-electron chi connectivity index (χ0n) is 12.3. The van der Waals surface area contributed by atoms with Gasteiger partial charge in [0.25, 0.3) is 0 Å². The Kier molecular flexibility index (Phi) is 4.71. The first-order valence-corrected chi connectivity index (χ1v) is 6.70. The highest BCUT2D eigenvalue weighted by Crippen LogP contribution is 2.17. The molecule has 0 saturated heterocycles. The summed E-state index contributed by atoms with van der Waals surface area (Å²) in [7, 11) is 0. The molecule has 2 rings (SSSR count). The maximum Gasteiger partial charge on any atom is 0.411 e. The van der Waals surface area contributed by atoms with Crippen molar-refractivity contribution in [1.82, 2.24) is 9.97 Å². The van der Waals surface area contributed by atoms with Gasteiger partial charge in [-0.05, 0) is 51.1 Å². The van der Waals surface area contributed by atoms with Crippen LogP contribution in [-0.4, -0.2) is 22.7 Å². The molecule has 1 aromatic heterocycles. The average molecular weight is 286 g/mol. The van der Waals surface area contributed by atoms with Crippen LogP contribution in [0.5, 0.6) is 0 Å². The summed E-state index contributed by atoms with van der Waals surface area (Å²) in [4.78, 5) is 19.9. The summed E-state index contributed by atoms with van der Waals surface area (Å²) in [5, 5.41) is 5.76. The van der Waals surface area contributed by atoms with Gasteiger partial charge in [0.15, 0.2) is 0 Å². The van der Waals surface area contributed by atoms with E-state index in [-0.39, 0.29) is 0 Å². The molecular formula is C15H18N4O2. The highest BCUT2D eigenvalue weighted by molar-refractivity contribution is 5.84. The lowest BCUT2D eigenvalue weighted by Gasteiger charge is -2.08. The molecular weight excluding hydrogens is 268 g/mol. The number of nitrogens with one attached hydrogen (secondary N) is 2. The number of benzene rings is 1. The van der Waals surface area contributed by atoms with Crippen LogP contribution in [0.1, 0.15) is 18.3 Å². The molecule has 1 heterocycles. The lowest BCUT2D eigenvalue weighted by Crippen LogP contribution is -2.13. The van der Waals surface area contributed by atoms with Crippen LogP contribution >= 0.6 is 0 Å². The van der Waals surface area contributed by atoms with Crippen LogP contribution in [0, 0.1) is 13.8 Å². The molecule has 110 valence electrons. The van der Waals surface area contributed by atoms with Gasteiger partial charge in [-0.2, -0.15) is 0 Å². The lowest BCUT2D eigenvalue weighted by molar-refractivity contribution is 0.168. The molecule has 2 aromatic rings. The Morgan fingerprint density at radius 1 is 1.10 bits per heavy atom. The normalized spacial score (nSPS) is 10.0. The maximum atomic E-state index is 11.3. The number of hydrogen-bond acceptors (Lipinski definition) is 5. The van der Waals surface area contributed by atoms with E-state index in [0.717, 1.165) is 17.1 Å². The van der Waals surface area contributed by atoms with Crippen LogP contribution in [0.2, 0.25) is 0 Å². The van der Waals surface area contributed by atoms with Gasteiger partial charge >= 0.3 is 6.09 Å². The van der Waals surface area contributed by atoms with Crippen molar-refractivity contribution in [3.63, 3.8) is 0 Å². The van der Waals surface area contributed by atoms with E-state index < -0.39 is 6.09 Å². The number of aromatic nitrogens is 2. The summed E-state index contributed by atoms with van der Waals surface area (Å²) in [5.41, 5.74) is 3.32. The number of carbonyl (C=O) groups excluding carboxylic acids is 1. The van der Waals surface area contributed by atoms with E-state index in [1.807, 2.05) is 32.0 Å². The van der Waals surface area contributed by atoms with E-state index in [0.29, 0.717) is 18.2 Å². The van der Waals surface area contributed by atoms with Crippen molar-refractivity contribution in [3.05, 3.63) is 41.7 Å². The Balaban J connectivity index is 2.03. The number of amides is 1. The molecule has 0 atom stereocenters. The second-order valence-corrected chi connectivity index (χ2v) is 4.52. The number of anilines is 3. The quantitative estimate of drug-likeness (QED) is 0.900. The fourth-order valence-corrected chi connectivity index (χ4v) is 1.83. The third-order valence-corrected chi connectivity index (χ3v) is 2.65. The molecule has 0 unspecified atom stereocenters. The molecule has 0 aliphatic carbocycles. The highest BCUT2D eigenvalue weighted by atomic mass is 16.5. The topological polar surface area (TPSA) is 76.1 Å². The molecule has 1 amide bonds. The van der Waals surface area contributed by atoms with Gasteiger partial charge in [-0.15, -0.1) is 0 Å². The standard InChI is InChI=1S/C15H18N4O2/c1-4-21-15(20)19-13-7-5-12(6-8-13)18-14-16-10(2)9-11(3)17-14/h5-9H,4H2,1-3H3,(H,19,20)(H,16,17,18). The van der Waals surface area contributed by atoms with Crippen LogP contribution < -0.4 is 10.6 Å². The van der Waals surface area contributed by atoms with Crippen LogP contribution in [0.3, 0.4) is 0 Å². The first-order chi connectivity index (χ1) is 10.1. The fourth-order valence-electron chi connectivity index (χ4n) is 1.83. The SMILES string of the molecule is CCOC(=O)Nc1ccc(Nc2nc(C)cc(C)n2)cc1. The molecule has 6 heteroatoms. The minimum atomic E-state index is -0.462. The van der Waals surface area contributed by atoms with Crippen molar-refractivity contribution in [2.75, 3.05) is 17.2 Å². The molecule has 1 aromatic carbocycles. The van der Waals surface area contributed by atoms with Crippen molar-refractivity contribution in [2.24, 2.45) is 0 Å². The number of nitrogens with zero attached hydrogens (tertiary/aromatic N) is 2. The number of aryl methyl sites for hydroxylation is 2. The Bertz CT molecular complexity index is 606. The van der Waals surface area contributed by atoms with E-state index in [9.17, 15) is 4.79 Å². The minimum Gasteiger partial charge on any atom is -0.450 e. The zero-order valence-corrected chi connectivity index (χ0v) is 12.3. The van der Waals surface area contributed by atoms with Gasteiger partial charge in [-0.3, -0.25) is 5.32 Å². The maximum absolute atomic E-state index is 11.3. The molecule has 0 fully saturated rings. The van der Waals surface area contributed by atoms with E-state index >= 15 is 0 Å². The van der Waals surface area contributed by atoms with Gasteiger partial charge in [-0.1, -0.05) is 0 Å². The largest absolute Gasteiger partial charge is 0.450 e. The van der Waals surface area contributed by atoms with Gasteiger partial charge in [0.2, 0.25) is 5.95 Å². The third kappa shape index (κ3) is 4.45. The van der Waals surface area contributed by atoms with Crippen molar-refractivity contribution >= 4 is 23.4 Å². The highest BCUT2D eigenvalue weighted by Gasteiger charge is 2.03. The van der Waals surface area contributed by atoms with Gasteiger partial charge < -0.3 is 10.1 Å². The third-order valence-electron chi connectivity index (χ3n) is 2.65. The van der Waals surface area contributed by atoms with Crippen LogP contribution in [-0.2, 0) is 4.74 Å². The number of rotatable bonds is 4. The second kappa shape index (κ2) is 6.69. The molecule has 0 aliphatic heterocycles. The summed E-state index contributed by atoms with van der Waals surface area (Å²) in [6.45, 7) is 5.95. The Morgan fingerprint density at radius 3 is 2.24 bits per heavy atom. The van der Waals surface area contributed by atoms with E-state index in [4.69, 9.17) is 4.74 Å². The minimum absolute atomic E-state index is 0.343. The fraction of sp³-hybridized carbons (Fsp3) is 0.267. The molecule has 0 spiro atoms. The average Bonchev–Trinajstić information content (AvgIpc) is 2.40. The van der Waals surface area contributed by atoms with E-state index in [1.54, 1.807) is 19.1 Å². The lowest BCUT2D eigenvalue weighted by atomic mass is 10.3. The number of hydrogen-bond donors (Lipinski definition) is 2. The van der Waals surface area contributed by atoms with E-state index in [1.165, 1.54) is 0 Å². The summed E-state index contributed by atoms with van der Waals surface area (Å²) < 4.78 is 4.81. The Morgan fingerprint density at radius 2 is 1.67 bits per heavy atom. The predicted molar refractivity (Wildman–Crippen MR) is 81.9 cm³/mol. The molecule has 0 saturated carbocycles. The summed E-state index contributed by atoms with van der Waals surface area (Å²) in [6.07, 6.45) is -0.462.